The number of anilines is 1. The topological polar surface area (TPSA) is 33.3 Å². The van der Waals surface area contributed by atoms with E-state index >= 15 is 0 Å². The lowest BCUT2D eigenvalue weighted by atomic mass is 9.88. The normalized spacial score (nSPS) is 11.3. The zero-order valence-electron chi connectivity index (χ0n) is 19.2. The molecule has 0 spiro atoms. The van der Waals surface area contributed by atoms with Crippen molar-refractivity contribution < 1.29 is 4.74 Å². The highest BCUT2D eigenvalue weighted by atomic mass is 32.1. The predicted octanol–water partition coefficient (Wildman–Crippen LogP) is 7.03. The van der Waals surface area contributed by atoms with Crippen molar-refractivity contribution in [2.75, 3.05) is 19.0 Å². The van der Waals surface area contributed by atoms with Crippen molar-refractivity contribution in [1.29, 1.82) is 0 Å². The number of benzene rings is 4. The van der Waals surface area contributed by atoms with Gasteiger partial charge in [0.05, 0.1) is 7.11 Å². The van der Waals surface area contributed by atoms with Crippen LogP contribution in [0.1, 0.15) is 23.1 Å². The summed E-state index contributed by atoms with van der Waals surface area (Å²) in [5, 5.41) is 7.24. The van der Waals surface area contributed by atoms with E-state index in [0.717, 1.165) is 23.4 Å². The fourth-order valence-electron chi connectivity index (χ4n) is 3.93. The van der Waals surface area contributed by atoms with Crippen LogP contribution in [0.4, 0.5) is 5.69 Å². The van der Waals surface area contributed by atoms with Crippen LogP contribution in [0.25, 0.3) is 11.1 Å². The number of ether oxygens (including phenoxy) is 1. The lowest BCUT2D eigenvalue weighted by molar-refractivity contribution is 0.415. The first-order chi connectivity index (χ1) is 16.7. The highest BCUT2D eigenvalue weighted by Crippen LogP contribution is 2.34. The van der Waals surface area contributed by atoms with Gasteiger partial charge in [0.25, 0.3) is 0 Å². The summed E-state index contributed by atoms with van der Waals surface area (Å²) in [7, 11) is 1.69. The van der Waals surface area contributed by atoms with Crippen LogP contribution >= 0.6 is 12.2 Å². The highest BCUT2D eigenvalue weighted by molar-refractivity contribution is 7.80. The number of hydrogen-bond donors (Lipinski definition) is 2. The van der Waals surface area contributed by atoms with E-state index in [1.807, 2.05) is 54.6 Å². The quantitative estimate of drug-likeness (QED) is 0.217. The van der Waals surface area contributed by atoms with E-state index < -0.39 is 0 Å². The van der Waals surface area contributed by atoms with Crippen LogP contribution in [0.2, 0.25) is 0 Å². The molecule has 0 aliphatic rings. The molecule has 0 heterocycles. The molecule has 4 heteroatoms. The molecule has 4 rings (SSSR count). The summed E-state index contributed by atoms with van der Waals surface area (Å²) < 4.78 is 5.39. The number of thiocarbonyl (C=S) groups is 1. The Morgan fingerprint density at radius 3 is 1.79 bits per heavy atom. The third-order valence-corrected chi connectivity index (χ3v) is 5.80. The molecule has 0 unspecified atom stereocenters. The first-order valence-corrected chi connectivity index (χ1v) is 11.7. The lowest BCUT2D eigenvalue weighted by Crippen LogP contribution is -2.29. The Labute approximate surface area is 207 Å². The molecule has 0 saturated carbocycles. The third-order valence-electron chi connectivity index (χ3n) is 5.56. The van der Waals surface area contributed by atoms with Gasteiger partial charge in [-0.1, -0.05) is 91.0 Å². The monoisotopic (exact) mass is 464 g/mol. The molecule has 3 nitrogen and oxygen atoms in total. The Morgan fingerprint density at radius 1 is 0.676 bits per heavy atom. The van der Waals surface area contributed by atoms with Gasteiger partial charge in [-0.2, -0.15) is 0 Å². The summed E-state index contributed by atoms with van der Waals surface area (Å²) in [4.78, 5) is 0. The number of para-hydroxylation sites is 1. The van der Waals surface area contributed by atoms with Crippen LogP contribution in [0, 0.1) is 0 Å². The first-order valence-electron chi connectivity index (χ1n) is 11.3. The first kappa shape index (κ1) is 23.3. The van der Waals surface area contributed by atoms with Gasteiger partial charge in [-0.05, 0) is 70.7 Å². The fraction of sp³-hybridized carbons (Fsp3) is 0.100. The standard InChI is InChI=1S/C30H28N2OS/c1-33-27-19-17-25(18-20-27)29(24-13-7-3-8-14-24)28(23-11-5-2-6-12-23)21-22-31-30(34)32-26-15-9-4-10-16-26/h2-20H,21-22H2,1H3,(H2,31,32,34)/b29-28-. The van der Waals surface area contributed by atoms with E-state index in [2.05, 4.69) is 71.3 Å². The minimum absolute atomic E-state index is 0.615. The summed E-state index contributed by atoms with van der Waals surface area (Å²) in [6, 6.07) is 39.3. The Balaban J connectivity index is 1.67. The van der Waals surface area contributed by atoms with E-state index in [0.29, 0.717) is 11.7 Å². The molecule has 0 aliphatic heterocycles. The van der Waals surface area contributed by atoms with E-state index in [1.54, 1.807) is 7.11 Å². The molecule has 0 bridgehead atoms. The van der Waals surface area contributed by atoms with Crippen LogP contribution in [-0.4, -0.2) is 18.8 Å². The molecular formula is C30H28N2OS. The van der Waals surface area contributed by atoms with Crippen LogP contribution in [0.3, 0.4) is 0 Å². The zero-order chi connectivity index (χ0) is 23.6. The molecule has 0 atom stereocenters. The minimum atomic E-state index is 0.615. The number of hydrogen-bond acceptors (Lipinski definition) is 2. The summed E-state index contributed by atoms with van der Waals surface area (Å²) >= 11 is 5.53. The average molecular weight is 465 g/mol. The Morgan fingerprint density at radius 2 is 1.21 bits per heavy atom. The largest absolute Gasteiger partial charge is 0.497 e. The summed E-state index contributed by atoms with van der Waals surface area (Å²) in [6.07, 6.45) is 0.802. The van der Waals surface area contributed by atoms with Crippen molar-refractivity contribution >= 4 is 34.2 Å². The van der Waals surface area contributed by atoms with Crippen LogP contribution in [0.15, 0.2) is 115 Å². The van der Waals surface area contributed by atoms with Crippen molar-refractivity contribution in [3.8, 4) is 5.75 Å². The van der Waals surface area contributed by atoms with E-state index in [-0.39, 0.29) is 0 Å². The molecular weight excluding hydrogens is 436 g/mol. The molecule has 170 valence electrons. The molecule has 0 amide bonds. The van der Waals surface area contributed by atoms with Gasteiger partial charge >= 0.3 is 0 Å². The molecule has 0 fully saturated rings. The maximum Gasteiger partial charge on any atom is 0.170 e. The van der Waals surface area contributed by atoms with Gasteiger partial charge in [-0.15, -0.1) is 0 Å². The number of rotatable bonds is 8. The van der Waals surface area contributed by atoms with Crippen molar-refractivity contribution in [2.24, 2.45) is 0 Å². The van der Waals surface area contributed by atoms with Gasteiger partial charge in [0, 0.05) is 12.2 Å². The SMILES string of the molecule is COc1ccc(/C(=C(/CCNC(=S)Nc2ccccc2)c2ccccc2)c2ccccc2)cc1. The van der Waals surface area contributed by atoms with E-state index in [4.69, 9.17) is 17.0 Å². The van der Waals surface area contributed by atoms with Gasteiger partial charge < -0.3 is 15.4 Å². The van der Waals surface area contributed by atoms with Gasteiger partial charge in [0.2, 0.25) is 0 Å². The highest BCUT2D eigenvalue weighted by Gasteiger charge is 2.14. The summed E-state index contributed by atoms with van der Waals surface area (Å²) in [6.45, 7) is 0.704. The molecule has 4 aromatic rings. The van der Waals surface area contributed by atoms with Crippen molar-refractivity contribution in [1.82, 2.24) is 5.32 Å². The van der Waals surface area contributed by atoms with E-state index in [9.17, 15) is 0 Å². The van der Waals surface area contributed by atoms with Gasteiger partial charge in [-0.3, -0.25) is 0 Å². The fourth-order valence-corrected chi connectivity index (χ4v) is 4.15. The number of methoxy groups -OCH3 is 1. The second-order valence-electron chi connectivity index (χ2n) is 7.81. The second kappa shape index (κ2) is 11.8. The molecule has 0 aromatic heterocycles. The Hall–Kier alpha value is -3.89. The van der Waals surface area contributed by atoms with Crippen LogP contribution < -0.4 is 15.4 Å². The summed E-state index contributed by atoms with van der Waals surface area (Å²) in [5.74, 6) is 0.844. The van der Waals surface area contributed by atoms with Gasteiger partial charge in [0.1, 0.15) is 5.75 Å². The van der Waals surface area contributed by atoms with E-state index in [1.165, 1.54) is 22.3 Å². The average Bonchev–Trinajstić information content (AvgIpc) is 2.90. The van der Waals surface area contributed by atoms with Crippen LogP contribution in [0.5, 0.6) is 5.75 Å². The van der Waals surface area contributed by atoms with Gasteiger partial charge in [0.15, 0.2) is 5.11 Å². The Bertz CT molecular complexity index is 1220. The molecule has 2 N–H and O–H groups in total. The maximum absolute atomic E-state index is 5.53. The minimum Gasteiger partial charge on any atom is -0.497 e. The zero-order valence-corrected chi connectivity index (χ0v) is 20.0. The third kappa shape index (κ3) is 6.12. The van der Waals surface area contributed by atoms with Gasteiger partial charge in [-0.25, -0.2) is 0 Å². The number of nitrogens with one attached hydrogen (secondary N) is 2. The van der Waals surface area contributed by atoms with Crippen LogP contribution in [-0.2, 0) is 0 Å². The predicted molar refractivity (Wildman–Crippen MR) is 147 cm³/mol. The second-order valence-corrected chi connectivity index (χ2v) is 8.22. The van der Waals surface area contributed by atoms with Crippen molar-refractivity contribution in [3.05, 3.63) is 132 Å². The Kier molecular flexibility index (Phi) is 8.09. The maximum atomic E-state index is 5.53. The molecule has 0 aliphatic carbocycles. The summed E-state index contributed by atoms with van der Waals surface area (Å²) in [5.41, 5.74) is 6.96. The smallest absolute Gasteiger partial charge is 0.170 e. The lowest BCUT2D eigenvalue weighted by Gasteiger charge is -2.19. The van der Waals surface area contributed by atoms with Crippen molar-refractivity contribution in [2.45, 2.75) is 6.42 Å². The molecule has 34 heavy (non-hydrogen) atoms. The molecule has 0 saturated heterocycles. The molecule has 4 aromatic carbocycles. The molecule has 0 radical (unpaired) electrons. The van der Waals surface area contributed by atoms with Crippen molar-refractivity contribution in [3.63, 3.8) is 0 Å².